The molecule has 0 amide bonds. The summed E-state index contributed by atoms with van der Waals surface area (Å²) in [6.07, 6.45) is 4.36. The minimum Gasteiger partial charge on any atom is -0.330 e. The number of H-pyrrole nitrogens is 1. The number of benzene rings is 1. The van der Waals surface area contributed by atoms with Crippen molar-refractivity contribution in [3.8, 4) is 23.0 Å². The highest BCUT2D eigenvalue weighted by molar-refractivity contribution is 5.92. The van der Waals surface area contributed by atoms with E-state index in [4.69, 9.17) is 5.73 Å². The first-order valence-electron chi connectivity index (χ1n) is 7.66. The molecule has 0 spiro atoms. The first-order chi connectivity index (χ1) is 11.2. The Labute approximate surface area is 139 Å². The summed E-state index contributed by atoms with van der Waals surface area (Å²) >= 11 is 0. The summed E-state index contributed by atoms with van der Waals surface area (Å²) in [7, 11) is 0. The minimum absolute atomic E-state index is 0. The number of nitrogens with two attached hydrogens (primary N) is 1. The molecule has 1 aromatic carbocycles. The van der Waals surface area contributed by atoms with E-state index in [9.17, 15) is 0 Å². The zero-order chi connectivity index (χ0) is 16.3. The third-order valence-corrected chi connectivity index (χ3v) is 4.33. The van der Waals surface area contributed by atoms with E-state index in [-0.39, 0.29) is 8.27 Å². The van der Waals surface area contributed by atoms with E-state index < -0.39 is 0 Å². The van der Waals surface area contributed by atoms with Gasteiger partial charge in [-0.1, -0.05) is 31.2 Å². The Morgan fingerprint density at radius 3 is 3.00 bits per heavy atom. The molecule has 4 nitrogen and oxygen atoms in total. The number of aromatic nitrogens is 3. The fraction of sp³-hybridized carbons (Fsp3) is 0.263. The molecule has 4 heteroatoms. The van der Waals surface area contributed by atoms with Crippen LogP contribution in [-0.2, 0) is 5.41 Å². The van der Waals surface area contributed by atoms with Crippen molar-refractivity contribution in [1.82, 2.24) is 15.2 Å². The molecule has 0 saturated heterocycles. The lowest BCUT2D eigenvalue weighted by molar-refractivity contribution is 0.498. The van der Waals surface area contributed by atoms with Crippen molar-refractivity contribution in [2.45, 2.75) is 25.7 Å². The highest BCUT2D eigenvalue weighted by Gasteiger charge is 2.24. The van der Waals surface area contributed by atoms with Crippen molar-refractivity contribution in [1.29, 1.82) is 0 Å². The van der Waals surface area contributed by atoms with Gasteiger partial charge in [0.15, 0.2) is 5.65 Å². The number of pyridine rings is 1. The van der Waals surface area contributed by atoms with Gasteiger partial charge in [0.1, 0.15) is 0 Å². The van der Waals surface area contributed by atoms with E-state index in [2.05, 4.69) is 58.2 Å². The fourth-order valence-corrected chi connectivity index (χ4v) is 2.74. The van der Waals surface area contributed by atoms with Crippen molar-refractivity contribution in [2.24, 2.45) is 5.73 Å². The Kier molecular flexibility index (Phi) is 4.14. The summed E-state index contributed by atoms with van der Waals surface area (Å²) in [5.41, 5.74) is 10.2. The smallest absolute Gasteiger partial charge is 0.155 e. The molecule has 2 aromatic heterocycles. The first kappa shape index (κ1) is 15.3. The van der Waals surface area contributed by atoms with E-state index in [0.29, 0.717) is 6.54 Å². The molecule has 3 rings (SSSR count). The molecule has 0 saturated carbocycles. The van der Waals surface area contributed by atoms with Gasteiger partial charge in [0, 0.05) is 32.8 Å². The van der Waals surface area contributed by atoms with Gasteiger partial charge in [-0.15, -0.1) is 11.8 Å². The molecule has 2 heterocycles. The molecule has 0 unspecified atom stereocenters. The van der Waals surface area contributed by atoms with Gasteiger partial charge in [-0.2, -0.15) is 5.10 Å². The second kappa shape index (κ2) is 6.23. The highest BCUT2D eigenvalue weighted by atomic mass is 15.1. The van der Waals surface area contributed by atoms with Crippen LogP contribution in [0.4, 0.5) is 0 Å². The summed E-state index contributed by atoms with van der Waals surface area (Å²) in [5, 5.41) is 8.02. The van der Waals surface area contributed by atoms with Crippen LogP contribution in [0.1, 0.15) is 28.7 Å². The predicted octanol–water partition coefficient (Wildman–Crippen LogP) is 3.75. The normalized spacial score (nSPS) is 13.3. The molecule has 120 valence electrons. The van der Waals surface area contributed by atoms with Gasteiger partial charge in [0.2, 0.25) is 0 Å². The maximum Gasteiger partial charge on any atom is 0.155 e. The minimum atomic E-state index is -0.151. The van der Waals surface area contributed by atoms with Crippen LogP contribution in [0.25, 0.3) is 22.2 Å². The van der Waals surface area contributed by atoms with Crippen molar-refractivity contribution in [3.63, 3.8) is 0 Å². The number of fused-ring (bicyclic) bond motifs is 1. The third kappa shape index (κ3) is 2.84. The van der Waals surface area contributed by atoms with E-state index in [1.165, 1.54) is 5.56 Å². The summed E-state index contributed by atoms with van der Waals surface area (Å²) in [4.78, 5) is 4.30. The Morgan fingerprint density at radius 2 is 2.22 bits per heavy atom. The molecule has 3 N–H and O–H groups in total. The number of hydrogen-bond donors (Lipinski definition) is 2. The van der Waals surface area contributed by atoms with E-state index in [1.54, 1.807) is 6.20 Å². The number of nitrogens with one attached hydrogen (secondary N) is 1. The summed E-state index contributed by atoms with van der Waals surface area (Å²) in [6.45, 7) is 4.58. The van der Waals surface area contributed by atoms with Gasteiger partial charge in [-0.3, -0.25) is 5.10 Å². The first-order valence-corrected chi connectivity index (χ1v) is 7.66. The molecule has 1 atom stereocenters. The SMILES string of the molecule is CC#CC[C@](C)(CN)c1cccc(-c2ccnc3[nH]ncc23)c1.[HH].[HH]. The zero-order valence-corrected chi connectivity index (χ0v) is 13.4. The number of aromatic amines is 1. The topological polar surface area (TPSA) is 67.6 Å². The Bertz CT molecular complexity index is 895. The highest BCUT2D eigenvalue weighted by Crippen LogP contribution is 2.32. The fourth-order valence-electron chi connectivity index (χ4n) is 2.74. The Balaban J connectivity index is 0.00000156. The second-order valence-electron chi connectivity index (χ2n) is 5.94. The molecule has 0 aliphatic rings. The molecule has 0 fully saturated rings. The van der Waals surface area contributed by atoms with Crippen LogP contribution in [0, 0.1) is 11.8 Å². The van der Waals surface area contributed by atoms with Gasteiger partial charge in [0.05, 0.1) is 6.20 Å². The standard InChI is InChI=1S/C19H20N4.2H2/c1-3-4-9-19(2,13-20)15-7-5-6-14(11-15)16-8-10-21-18-17(16)12-22-23-18;;/h5-8,10-12H,9,13,20H2,1-2H3,(H,21,22,23);2*1H/t19-;;/m1../s1. The van der Waals surface area contributed by atoms with Crippen molar-refractivity contribution in [2.75, 3.05) is 6.54 Å². The van der Waals surface area contributed by atoms with Crippen LogP contribution in [-0.4, -0.2) is 21.7 Å². The summed E-state index contributed by atoms with van der Waals surface area (Å²) < 4.78 is 0. The predicted molar refractivity (Wildman–Crippen MR) is 98.0 cm³/mol. The molecule has 23 heavy (non-hydrogen) atoms. The summed E-state index contributed by atoms with van der Waals surface area (Å²) in [6, 6.07) is 10.5. The van der Waals surface area contributed by atoms with Crippen LogP contribution in [0.5, 0.6) is 0 Å². The average molecular weight is 308 g/mol. The maximum atomic E-state index is 6.05. The molecule has 0 aliphatic heterocycles. The third-order valence-electron chi connectivity index (χ3n) is 4.33. The van der Waals surface area contributed by atoms with Gasteiger partial charge in [-0.05, 0) is 29.7 Å². The molecule has 0 aliphatic carbocycles. The number of nitrogens with zero attached hydrogens (tertiary/aromatic N) is 2. The van der Waals surface area contributed by atoms with Crippen molar-refractivity contribution in [3.05, 3.63) is 48.3 Å². The van der Waals surface area contributed by atoms with E-state index >= 15 is 0 Å². The van der Waals surface area contributed by atoms with Crippen LogP contribution >= 0.6 is 0 Å². The van der Waals surface area contributed by atoms with E-state index in [1.807, 2.05) is 19.2 Å². The van der Waals surface area contributed by atoms with Gasteiger partial charge in [0.25, 0.3) is 0 Å². The average Bonchev–Trinajstić information content (AvgIpc) is 3.08. The quantitative estimate of drug-likeness (QED) is 0.721. The van der Waals surface area contributed by atoms with Crippen LogP contribution in [0.3, 0.4) is 0 Å². The molecule has 0 radical (unpaired) electrons. The molecule has 3 aromatic rings. The molecule has 0 bridgehead atoms. The van der Waals surface area contributed by atoms with Crippen LogP contribution < -0.4 is 5.73 Å². The van der Waals surface area contributed by atoms with Gasteiger partial charge < -0.3 is 5.73 Å². The number of hydrogen-bond acceptors (Lipinski definition) is 3. The monoisotopic (exact) mass is 308 g/mol. The largest absolute Gasteiger partial charge is 0.330 e. The van der Waals surface area contributed by atoms with Gasteiger partial charge >= 0.3 is 0 Å². The Hall–Kier alpha value is -2.64. The molecular weight excluding hydrogens is 284 g/mol. The van der Waals surface area contributed by atoms with Gasteiger partial charge in [-0.25, -0.2) is 4.98 Å². The maximum absolute atomic E-state index is 6.05. The number of rotatable bonds is 4. The van der Waals surface area contributed by atoms with Crippen LogP contribution in [0.2, 0.25) is 0 Å². The lowest BCUT2D eigenvalue weighted by Gasteiger charge is -2.27. The summed E-state index contributed by atoms with van der Waals surface area (Å²) in [5.74, 6) is 6.14. The Morgan fingerprint density at radius 1 is 1.35 bits per heavy atom. The van der Waals surface area contributed by atoms with E-state index in [0.717, 1.165) is 28.6 Å². The van der Waals surface area contributed by atoms with Crippen molar-refractivity contribution >= 4 is 11.0 Å². The van der Waals surface area contributed by atoms with Crippen LogP contribution in [0.15, 0.2) is 42.7 Å². The lowest BCUT2D eigenvalue weighted by Crippen LogP contribution is -2.31. The van der Waals surface area contributed by atoms with Crippen molar-refractivity contribution < 1.29 is 2.85 Å². The second-order valence-corrected chi connectivity index (χ2v) is 5.94. The lowest BCUT2D eigenvalue weighted by atomic mass is 9.79. The zero-order valence-electron chi connectivity index (χ0n) is 13.4. The molecular formula is C19H24N4.